The van der Waals surface area contributed by atoms with E-state index in [1.54, 1.807) is 23.5 Å². The zero-order valence-electron chi connectivity index (χ0n) is 37.6. The molecule has 338 valence electrons. The zero-order chi connectivity index (χ0) is 45.5. The predicted octanol–water partition coefficient (Wildman–Crippen LogP) is 7.86. The zero-order valence-corrected chi connectivity index (χ0v) is 38.4. The molecule has 6 N–H and O–H groups in total. The van der Waals surface area contributed by atoms with E-state index in [0.29, 0.717) is 24.9 Å². The smallest absolute Gasteiger partial charge is 0.265 e. The minimum Gasteiger partial charge on any atom is -0.391 e. The Hall–Kier alpha value is -5.44. The third-order valence-corrected chi connectivity index (χ3v) is 12.3. The molecule has 5 amide bonds. The number of benzene rings is 3. The number of rotatable bonds is 21. The van der Waals surface area contributed by atoms with Crippen molar-refractivity contribution in [2.75, 3.05) is 18.4 Å². The fourth-order valence-electron chi connectivity index (χ4n) is 7.65. The Balaban J connectivity index is 0.987. The summed E-state index contributed by atoms with van der Waals surface area (Å²) in [7, 11) is 0. The van der Waals surface area contributed by atoms with Crippen LogP contribution in [0.25, 0.3) is 21.6 Å². The lowest BCUT2D eigenvalue weighted by Crippen LogP contribution is -2.57. The third-order valence-electron chi connectivity index (χ3n) is 11.3. The van der Waals surface area contributed by atoms with Gasteiger partial charge in [-0.15, -0.1) is 11.3 Å². The van der Waals surface area contributed by atoms with Crippen LogP contribution in [0.5, 0.6) is 0 Å². The average Bonchev–Trinajstić information content (AvgIpc) is 3.88. The summed E-state index contributed by atoms with van der Waals surface area (Å²) in [6.45, 7) is 12.3. The first kappa shape index (κ1) is 48.6. The first-order valence-corrected chi connectivity index (χ1v) is 23.1. The number of aromatic nitrogens is 1. The molecular weight excluding hydrogens is 815 g/mol. The molecule has 5 rings (SSSR count). The van der Waals surface area contributed by atoms with Crippen LogP contribution in [0.4, 0.5) is 5.69 Å². The van der Waals surface area contributed by atoms with E-state index >= 15 is 0 Å². The quantitative estimate of drug-likeness (QED) is 0.0361. The van der Waals surface area contributed by atoms with Crippen LogP contribution in [0.2, 0.25) is 0 Å². The van der Waals surface area contributed by atoms with Crippen LogP contribution in [-0.2, 0) is 19.2 Å². The number of hydrogen-bond acceptors (Lipinski definition) is 9. The van der Waals surface area contributed by atoms with Crippen molar-refractivity contribution in [1.29, 1.82) is 0 Å². The van der Waals surface area contributed by atoms with E-state index < -0.39 is 23.6 Å². The molecular formula is C49H65N7O6S. The van der Waals surface area contributed by atoms with Gasteiger partial charge in [0.25, 0.3) is 5.91 Å². The van der Waals surface area contributed by atoms with Crippen LogP contribution in [0.15, 0.2) is 78.3 Å². The highest BCUT2D eigenvalue weighted by Gasteiger charge is 2.44. The lowest BCUT2D eigenvalue weighted by Gasteiger charge is -2.35. The van der Waals surface area contributed by atoms with Gasteiger partial charge in [-0.05, 0) is 85.0 Å². The molecule has 4 atom stereocenters. The molecule has 1 aromatic heterocycles. The van der Waals surface area contributed by atoms with E-state index in [1.807, 2.05) is 108 Å². The molecule has 13 nitrogen and oxygen atoms in total. The lowest BCUT2D eigenvalue weighted by molar-refractivity contribution is -0.144. The second-order valence-corrected chi connectivity index (χ2v) is 18.4. The van der Waals surface area contributed by atoms with Gasteiger partial charge in [-0.1, -0.05) is 102 Å². The number of β-amino-alcohol motifs (C(OH)–C–C–N with tert-alkyl or cyclic N) is 1. The molecule has 0 radical (unpaired) electrons. The van der Waals surface area contributed by atoms with E-state index in [4.69, 9.17) is 0 Å². The summed E-state index contributed by atoms with van der Waals surface area (Å²) in [5.41, 5.74) is 12.9. The maximum atomic E-state index is 14.0. The van der Waals surface area contributed by atoms with Crippen molar-refractivity contribution in [3.63, 3.8) is 0 Å². The van der Waals surface area contributed by atoms with Gasteiger partial charge < -0.3 is 26.0 Å². The van der Waals surface area contributed by atoms with Gasteiger partial charge >= 0.3 is 0 Å². The lowest BCUT2D eigenvalue weighted by atomic mass is 9.85. The summed E-state index contributed by atoms with van der Waals surface area (Å²) in [6, 6.07) is 20.9. The number of likely N-dealkylation sites (tertiary alicyclic amines) is 1. The van der Waals surface area contributed by atoms with Crippen LogP contribution in [0, 0.1) is 12.3 Å². The number of aliphatic hydroxyl groups excluding tert-OH is 1. The van der Waals surface area contributed by atoms with Crippen molar-refractivity contribution >= 4 is 46.6 Å². The highest BCUT2D eigenvalue weighted by atomic mass is 32.1. The largest absolute Gasteiger partial charge is 0.391 e. The minimum absolute atomic E-state index is 0.0167. The Morgan fingerprint density at radius 2 is 1.40 bits per heavy atom. The SMILES string of the molecule is CCCNNC(=O)c1ccc(-c2ccc(NC(=O)CCCCCCCCC(=O)N[C@H](C(=O)N3C[C@H](O)C[C@H]3C(=O)N[C@@H](C)c3ccc(-c4scnc4C)cc3)C(C)(C)C)cc2)cc1. The number of anilines is 1. The van der Waals surface area contributed by atoms with Gasteiger partial charge in [0, 0.05) is 43.6 Å². The highest BCUT2D eigenvalue weighted by Crippen LogP contribution is 2.30. The molecule has 0 saturated carbocycles. The van der Waals surface area contributed by atoms with Crippen LogP contribution in [-0.4, -0.2) is 75.8 Å². The maximum absolute atomic E-state index is 14.0. The number of hydrazine groups is 1. The molecule has 1 aliphatic heterocycles. The average molecular weight is 880 g/mol. The second kappa shape index (κ2) is 23.3. The number of thiazole rings is 1. The Morgan fingerprint density at radius 3 is 1.98 bits per heavy atom. The number of nitrogens with one attached hydrogen (secondary N) is 5. The molecule has 1 aliphatic rings. The third kappa shape index (κ3) is 14.3. The fraction of sp³-hybridized carbons (Fsp3) is 0.469. The first-order valence-electron chi connectivity index (χ1n) is 22.3. The summed E-state index contributed by atoms with van der Waals surface area (Å²) < 4.78 is 0. The Bertz CT molecular complexity index is 2130. The monoisotopic (exact) mass is 879 g/mol. The minimum atomic E-state index is -0.874. The molecule has 1 fully saturated rings. The molecule has 0 bridgehead atoms. The van der Waals surface area contributed by atoms with Crippen LogP contribution < -0.4 is 26.8 Å². The van der Waals surface area contributed by atoms with Crippen molar-refractivity contribution in [3.05, 3.63) is 95.1 Å². The van der Waals surface area contributed by atoms with E-state index in [2.05, 4.69) is 31.8 Å². The van der Waals surface area contributed by atoms with Crippen LogP contribution in [0.1, 0.15) is 126 Å². The van der Waals surface area contributed by atoms with Gasteiger partial charge in [-0.2, -0.15) is 0 Å². The number of aryl methyl sites for hydroxylation is 1. The molecule has 0 unspecified atom stereocenters. The summed E-state index contributed by atoms with van der Waals surface area (Å²) in [4.78, 5) is 72.5. The van der Waals surface area contributed by atoms with E-state index in [-0.39, 0.29) is 55.0 Å². The van der Waals surface area contributed by atoms with Crippen molar-refractivity contribution in [2.24, 2.45) is 5.41 Å². The number of aliphatic hydroxyl groups is 1. The van der Waals surface area contributed by atoms with Gasteiger partial charge in [-0.3, -0.25) is 29.4 Å². The number of carbonyl (C=O) groups is 5. The van der Waals surface area contributed by atoms with E-state index in [9.17, 15) is 29.1 Å². The maximum Gasteiger partial charge on any atom is 0.265 e. The summed E-state index contributed by atoms with van der Waals surface area (Å²) in [6.07, 6.45) is 5.92. The molecule has 14 heteroatoms. The number of amides is 5. The summed E-state index contributed by atoms with van der Waals surface area (Å²) >= 11 is 1.58. The fourth-order valence-corrected chi connectivity index (χ4v) is 8.46. The van der Waals surface area contributed by atoms with Gasteiger partial charge in [-0.25, -0.2) is 10.4 Å². The summed E-state index contributed by atoms with van der Waals surface area (Å²) in [5, 5.41) is 19.6. The summed E-state index contributed by atoms with van der Waals surface area (Å²) in [5.74, 6) is -1.17. The standard InChI is InChI=1S/C49H65N7O6S/c1-7-28-51-55-46(60)38-22-18-35(19-23-38)36-24-26-39(27-25-36)53-42(58)14-12-10-8-9-11-13-15-43(59)54-45(49(4,5)6)48(62)56-30-40(57)29-41(56)47(61)52-32(2)34-16-20-37(21-17-34)44-33(3)50-31-63-44/h16-27,31-32,40-41,45,51,57H,7-15,28-30H2,1-6H3,(H,52,61)(H,53,58)(H,54,59)(H,55,60)/t32-,40+,41-,45+/m0/s1. The molecule has 0 spiro atoms. The van der Waals surface area contributed by atoms with Crippen LogP contribution in [0.3, 0.4) is 0 Å². The molecule has 0 aliphatic carbocycles. The Labute approximate surface area is 376 Å². The molecule has 63 heavy (non-hydrogen) atoms. The predicted molar refractivity (Wildman–Crippen MR) is 250 cm³/mol. The van der Waals surface area contributed by atoms with Gasteiger partial charge in [0.2, 0.25) is 23.6 Å². The van der Waals surface area contributed by atoms with Crippen molar-refractivity contribution in [2.45, 2.75) is 130 Å². The molecule has 2 heterocycles. The van der Waals surface area contributed by atoms with Crippen molar-refractivity contribution in [1.82, 2.24) is 31.4 Å². The molecule has 3 aromatic carbocycles. The topological polar surface area (TPSA) is 182 Å². The number of carbonyl (C=O) groups excluding carboxylic acids is 5. The number of unbranched alkanes of at least 4 members (excludes halogenated alkanes) is 5. The normalized spacial score (nSPS) is 16.0. The molecule has 1 saturated heterocycles. The van der Waals surface area contributed by atoms with Gasteiger partial charge in [0.1, 0.15) is 12.1 Å². The Morgan fingerprint density at radius 1 is 0.810 bits per heavy atom. The second-order valence-electron chi connectivity index (χ2n) is 17.6. The highest BCUT2D eigenvalue weighted by molar-refractivity contribution is 7.13. The van der Waals surface area contributed by atoms with Gasteiger partial charge in [0.15, 0.2) is 0 Å². The van der Waals surface area contributed by atoms with E-state index in [1.165, 1.54) is 4.90 Å². The van der Waals surface area contributed by atoms with Crippen LogP contribution >= 0.6 is 11.3 Å². The van der Waals surface area contributed by atoms with E-state index in [0.717, 1.165) is 77.0 Å². The Kier molecular flexibility index (Phi) is 18.0. The number of nitrogens with zero attached hydrogens (tertiary/aromatic N) is 2. The van der Waals surface area contributed by atoms with Crippen molar-refractivity contribution in [3.8, 4) is 21.6 Å². The number of hydrogen-bond donors (Lipinski definition) is 6. The first-order chi connectivity index (χ1) is 30.1. The van der Waals surface area contributed by atoms with Crippen molar-refractivity contribution < 1.29 is 29.1 Å². The van der Waals surface area contributed by atoms with Gasteiger partial charge in [0.05, 0.1) is 28.2 Å². The molecule has 4 aromatic rings.